The number of hydrogen-bond acceptors (Lipinski definition) is 7. The number of benzene rings is 1. The van der Waals surface area contributed by atoms with Gasteiger partial charge in [-0.25, -0.2) is 4.79 Å². The highest BCUT2D eigenvalue weighted by molar-refractivity contribution is 7.99. The molecular formula is C30H27ClF3N5O2S2. The van der Waals surface area contributed by atoms with Crippen molar-refractivity contribution >= 4 is 57.3 Å². The van der Waals surface area contributed by atoms with E-state index >= 15 is 0 Å². The highest BCUT2D eigenvalue weighted by atomic mass is 35.5. The lowest BCUT2D eigenvalue weighted by molar-refractivity contribution is -0.137. The summed E-state index contributed by atoms with van der Waals surface area (Å²) in [6.45, 7) is 8.15. The number of amides is 1. The van der Waals surface area contributed by atoms with Gasteiger partial charge in [0.05, 0.1) is 16.1 Å². The van der Waals surface area contributed by atoms with Crippen LogP contribution in [0.3, 0.4) is 0 Å². The third kappa shape index (κ3) is 5.33. The van der Waals surface area contributed by atoms with Crippen molar-refractivity contribution in [2.24, 2.45) is 0 Å². The number of pyridine rings is 1. The molecule has 0 N–H and O–H groups in total. The fourth-order valence-electron chi connectivity index (χ4n) is 6.19. The number of piperazine rings is 1. The summed E-state index contributed by atoms with van der Waals surface area (Å²) >= 11 is 8.65. The van der Waals surface area contributed by atoms with Gasteiger partial charge in [0.1, 0.15) is 5.82 Å². The maximum Gasteiger partial charge on any atom is 0.417 e. The highest BCUT2D eigenvalue weighted by Gasteiger charge is 2.40. The van der Waals surface area contributed by atoms with E-state index in [4.69, 9.17) is 11.6 Å². The van der Waals surface area contributed by atoms with Crippen LogP contribution >= 0.6 is 34.7 Å². The summed E-state index contributed by atoms with van der Waals surface area (Å²) in [5.74, 6) is 0.236. The summed E-state index contributed by atoms with van der Waals surface area (Å²) in [6.07, 6.45) is -0.110. The Labute approximate surface area is 259 Å². The van der Waals surface area contributed by atoms with E-state index in [-0.39, 0.29) is 47.2 Å². The number of carbonyl (C=O) groups is 1. The first kappa shape index (κ1) is 29.7. The first-order chi connectivity index (χ1) is 20.5. The largest absolute Gasteiger partial charge is 0.417 e. The predicted molar refractivity (Wildman–Crippen MR) is 165 cm³/mol. The molecule has 3 atom stereocenters. The molecule has 1 fully saturated rings. The number of hydrogen-bond donors (Lipinski definition) is 0. The van der Waals surface area contributed by atoms with Gasteiger partial charge >= 0.3 is 11.9 Å². The van der Waals surface area contributed by atoms with E-state index < -0.39 is 17.4 Å². The number of thiophene rings is 1. The highest BCUT2D eigenvalue weighted by Crippen LogP contribution is 2.50. The lowest BCUT2D eigenvalue weighted by Gasteiger charge is -2.44. The van der Waals surface area contributed by atoms with Crippen molar-refractivity contribution in [3.8, 4) is 10.4 Å². The number of rotatable bonds is 4. The Morgan fingerprint density at radius 1 is 1.14 bits per heavy atom. The molecular weight excluding hydrogens is 619 g/mol. The SMILES string of the molecule is C=CC(=O)N1[C@H](C)CN(c2nc(=O)n3c4c(c(-c5cc(Cl)cs5)c(C(F)(F)F)cc24)SC[C@H](c2ccncc2)C3)C[C@@H]1C. The van der Waals surface area contributed by atoms with Crippen LogP contribution in [0.5, 0.6) is 0 Å². The number of aromatic nitrogens is 3. The normalized spacial score (nSPS) is 20.7. The van der Waals surface area contributed by atoms with Crippen LogP contribution in [0.2, 0.25) is 5.02 Å². The summed E-state index contributed by atoms with van der Waals surface area (Å²) in [4.78, 5) is 39.2. The molecule has 2 aliphatic heterocycles. The van der Waals surface area contributed by atoms with E-state index in [0.717, 1.165) is 23.0 Å². The van der Waals surface area contributed by atoms with E-state index in [9.17, 15) is 22.8 Å². The molecule has 6 rings (SSSR count). The van der Waals surface area contributed by atoms with E-state index in [2.05, 4.69) is 16.5 Å². The fourth-order valence-corrected chi connectivity index (χ4v) is 8.78. The van der Waals surface area contributed by atoms with Gasteiger partial charge in [-0.05, 0) is 49.8 Å². The van der Waals surface area contributed by atoms with Gasteiger partial charge in [0.25, 0.3) is 0 Å². The average molecular weight is 646 g/mol. The second-order valence-electron chi connectivity index (χ2n) is 10.8. The van der Waals surface area contributed by atoms with Crippen molar-refractivity contribution in [1.29, 1.82) is 0 Å². The summed E-state index contributed by atoms with van der Waals surface area (Å²) in [7, 11) is 0. The Morgan fingerprint density at radius 3 is 2.44 bits per heavy atom. The molecule has 224 valence electrons. The Kier molecular flexibility index (Phi) is 7.80. The lowest BCUT2D eigenvalue weighted by atomic mass is 9.99. The second-order valence-corrected chi connectivity index (χ2v) is 13.2. The van der Waals surface area contributed by atoms with Gasteiger partial charge in [-0.15, -0.1) is 23.1 Å². The van der Waals surface area contributed by atoms with Crippen molar-refractivity contribution < 1.29 is 18.0 Å². The molecule has 4 aromatic rings. The average Bonchev–Trinajstić information content (AvgIpc) is 3.29. The van der Waals surface area contributed by atoms with Crippen LogP contribution in [0.25, 0.3) is 21.3 Å². The van der Waals surface area contributed by atoms with Crippen LogP contribution < -0.4 is 10.6 Å². The zero-order valence-electron chi connectivity index (χ0n) is 23.3. The molecule has 0 radical (unpaired) electrons. The number of thioether (sulfide) groups is 1. The van der Waals surface area contributed by atoms with Gasteiger partial charge in [-0.1, -0.05) is 18.2 Å². The van der Waals surface area contributed by atoms with Crippen molar-refractivity contribution in [3.05, 3.63) is 81.3 Å². The zero-order valence-corrected chi connectivity index (χ0v) is 25.7. The number of carbonyl (C=O) groups excluding carboxylic acids is 1. The third-order valence-corrected chi connectivity index (χ3v) is 10.5. The first-order valence-corrected chi connectivity index (χ1v) is 15.9. The van der Waals surface area contributed by atoms with E-state index in [1.165, 1.54) is 28.5 Å². The van der Waals surface area contributed by atoms with Gasteiger partial charge in [0, 0.05) is 81.9 Å². The van der Waals surface area contributed by atoms with Crippen molar-refractivity contribution in [2.75, 3.05) is 23.7 Å². The van der Waals surface area contributed by atoms with Gasteiger partial charge in [-0.2, -0.15) is 18.2 Å². The van der Waals surface area contributed by atoms with Crippen molar-refractivity contribution in [2.45, 2.75) is 49.5 Å². The van der Waals surface area contributed by atoms with E-state index in [1.54, 1.807) is 22.7 Å². The Bertz CT molecular complexity index is 1780. The number of nitrogens with zero attached hydrogens (tertiary/aromatic N) is 5. The van der Waals surface area contributed by atoms with Crippen LogP contribution in [-0.2, 0) is 17.5 Å². The topological polar surface area (TPSA) is 71.3 Å². The van der Waals surface area contributed by atoms with Crippen molar-refractivity contribution in [3.63, 3.8) is 0 Å². The molecule has 5 heterocycles. The molecule has 0 saturated carbocycles. The summed E-state index contributed by atoms with van der Waals surface area (Å²) < 4.78 is 46.2. The number of halogens is 4. The van der Waals surface area contributed by atoms with Gasteiger partial charge in [-0.3, -0.25) is 14.3 Å². The molecule has 1 saturated heterocycles. The summed E-state index contributed by atoms with van der Waals surface area (Å²) in [5.41, 5.74) is 0.0323. The third-order valence-electron chi connectivity index (χ3n) is 7.97. The summed E-state index contributed by atoms with van der Waals surface area (Å²) in [5, 5.41) is 2.20. The molecule has 1 aromatic carbocycles. The van der Waals surface area contributed by atoms with Gasteiger partial charge in [0.2, 0.25) is 5.91 Å². The summed E-state index contributed by atoms with van der Waals surface area (Å²) in [6, 6.07) is 5.81. The Morgan fingerprint density at radius 2 is 1.84 bits per heavy atom. The number of anilines is 1. The molecule has 3 aromatic heterocycles. The molecule has 2 aliphatic rings. The minimum absolute atomic E-state index is 0.0192. The van der Waals surface area contributed by atoms with Crippen LogP contribution in [-0.4, -0.2) is 56.3 Å². The molecule has 1 amide bonds. The van der Waals surface area contributed by atoms with Crippen LogP contribution in [0, 0.1) is 0 Å². The van der Waals surface area contributed by atoms with E-state index in [1.807, 2.05) is 30.9 Å². The van der Waals surface area contributed by atoms with Crippen LogP contribution in [0.15, 0.2) is 64.4 Å². The molecule has 0 aliphatic carbocycles. The Hall–Kier alpha value is -3.35. The maximum absolute atomic E-state index is 14.9. The smallest absolute Gasteiger partial charge is 0.352 e. The van der Waals surface area contributed by atoms with Crippen LogP contribution in [0.4, 0.5) is 19.0 Å². The molecule has 0 bridgehead atoms. The quantitative estimate of drug-likeness (QED) is 0.230. The molecule has 7 nitrogen and oxygen atoms in total. The van der Waals surface area contributed by atoms with Crippen molar-refractivity contribution in [1.82, 2.24) is 19.4 Å². The minimum Gasteiger partial charge on any atom is -0.352 e. The Balaban J connectivity index is 1.62. The molecule has 0 spiro atoms. The molecule has 0 unspecified atom stereocenters. The van der Waals surface area contributed by atoms with Gasteiger partial charge < -0.3 is 9.80 Å². The predicted octanol–water partition coefficient (Wildman–Crippen LogP) is 6.69. The van der Waals surface area contributed by atoms with E-state index in [0.29, 0.717) is 39.2 Å². The first-order valence-electron chi connectivity index (χ1n) is 13.6. The zero-order chi connectivity index (χ0) is 30.6. The maximum atomic E-state index is 14.9. The monoisotopic (exact) mass is 645 g/mol. The standard InChI is InChI=1S/C30H27ClF3N5O2S2/c1-4-24(40)39-16(2)11-37(12-17(39)3)28-21-10-22(30(32,33)34)25(23-9-20(31)15-42-23)27-26(21)38(29(41)36-28)13-19(14-43-27)18-5-7-35-8-6-18/h4-10,15-17,19H,1,11-14H2,2-3H3/t16-,17+,19-/m1/s1. The fraction of sp³-hybridized carbons (Fsp3) is 0.333. The van der Waals surface area contributed by atoms with Crippen LogP contribution in [0.1, 0.15) is 30.9 Å². The second kappa shape index (κ2) is 11.3. The van der Waals surface area contributed by atoms with Gasteiger partial charge in [0.15, 0.2) is 0 Å². The molecule has 43 heavy (non-hydrogen) atoms. The minimum atomic E-state index is -4.69. The number of alkyl halides is 3. The molecule has 13 heteroatoms. The lowest BCUT2D eigenvalue weighted by Crippen LogP contribution is -2.58.